The number of anilines is 3. The fourth-order valence-electron chi connectivity index (χ4n) is 2.58. The number of carbonyl (C=O) groups excluding carboxylic acids is 1. The predicted molar refractivity (Wildman–Crippen MR) is 110 cm³/mol. The molecule has 2 aromatic carbocycles. The van der Waals surface area contributed by atoms with E-state index < -0.39 is 0 Å². The van der Waals surface area contributed by atoms with Crippen molar-refractivity contribution in [2.75, 3.05) is 31.3 Å². The molecular weight excluding hydrogens is 379 g/mol. The maximum Gasteiger partial charge on any atom is 0.238 e. The molecule has 1 aromatic heterocycles. The van der Waals surface area contributed by atoms with Gasteiger partial charge in [0.25, 0.3) is 0 Å². The van der Waals surface area contributed by atoms with Crippen molar-refractivity contribution in [3.8, 4) is 5.75 Å². The molecule has 0 bridgehead atoms. The van der Waals surface area contributed by atoms with Crippen LogP contribution in [-0.4, -0.2) is 36.5 Å². The predicted octanol–water partition coefficient (Wildman–Crippen LogP) is 4.10. The number of nitrogens with one attached hydrogen (secondary N) is 2. The smallest absolute Gasteiger partial charge is 0.238 e. The molecule has 8 heteroatoms. The highest BCUT2D eigenvalue weighted by atomic mass is 32.1. The first-order valence-corrected chi connectivity index (χ1v) is 9.49. The zero-order valence-electron chi connectivity index (χ0n) is 15.6. The second-order valence-corrected chi connectivity index (χ2v) is 7.09. The average molecular weight is 400 g/mol. The maximum atomic E-state index is 13.2. The molecule has 1 heterocycles. The van der Waals surface area contributed by atoms with E-state index in [-0.39, 0.29) is 18.3 Å². The van der Waals surface area contributed by atoms with E-state index in [4.69, 9.17) is 4.74 Å². The second-order valence-electron chi connectivity index (χ2n) is 6.23. The monoisotopic (exact) mass is 400 g/mol. The van der Waals surface area contributed by atoms with Crippen LogP contribution in [0.5, 0.6) is 5.75 Å². The number of likely N-dealkylation sites (N-methyl/N-ethyl adjacent to an activating group) is 1. The molecule has 1 amide bonds. The zero-order valence-corrected chi connectivity index (χ0v) is 16.4. The summed E-state index contributed by atoms with van der Waals surface area (Å²) in [5, 5.41) is 8.66. The first-order chi connectivity index (χ1) is 13.5. The highest BCUT2D eigenvalue weighted by Gasteiger charge is 2.10. The number of methoxy groups -OCH3 is 1. The summed E-state index contributed by atoms with van der Waals surface area (Å²) < 4.78 is 18.3. The Bertz CT molecular complexity index is 930. The highest BCUT2D eigenvalue weighted by Crippen LogP contribution is 2.23. The molecule has 0 aliphatic carbocycles. The molecule has 0 aliphatic rings. The lowest BCUT2D eigenvalue weighted by Gasteiger charge is -2.15. The Morgan fingerprint density at radius 3 is 2.71 bits per heavy atom. The van der Waals surface area contributed by atoms with Crippen LogP contribution >= 0.6 is 11.3 Å². The average Bonchev–Trinajstić information content (AvgIpc) is 3.08. The van der Waals surface area contributed by atoms with Crippen molar-refractivity contribution >= 4 is 33.8 Å². The van der Waals surface area contributed by atoms with Crippen molar-refractivity contribution < 1.29 is 13.9 Å². The summed E-state index contributed by atoms with van der Waals surface area (Å²) >= 11 is 1.50. The van der Waals surface area contributed by atoms with Crippen molar-refractivity contribution in [2.45, 2.75) is 6.54 Å². The zero-order chi connectivity index (χ0) is 19.9. The van der Waals surface area contributed by atoms with Gasteiger partial charge in [-0.15, -0.1) is 11.3 Å². The van der Waals surface area contributed by atoms with Gasteiger partial charge >= 0.3 is 0 Å². The van der Waals surface area contributed by atoms with Gasteiger partial charge in [-0.1, -0.05) is 6.07 Å². The first-order valence-electron chi connectivity index (χ1n) is 8.61. The van der Waals surface area contributed by atoms with Crippen LogP contribution in [0.4, 0.5) is 20.9 Å². The standard InChI is InChI=1S/C20H21FN4O2S/c1-25(12-19(26)22-16-5-3-4-14(21)10-16)11-17-13-28-20(24-17)23-15-6-8-18(27-2)9-7-15/h3-10,13H,11-12H2,1-2H3,(H,22,26)(H,23,24). The Hall–Kier alpha value is -2.97. The topological polar surface area (TPSA) is 66.5 Å². The van der Waals surface area contributed by atoms with Gasteiger partial charge in [-0.2, -0.15) is 0 Å². The third-order valence-corrected chi connectivity index (χ3v) is 4.65. The van der Waals surface area contributed by atoms with Gasteiger partial charge < -0.3 is 15.4 Å². The van der Waals surface area contributed by atoms with Crippen LogP contribution in [0.25, 0.3) is 0 Å². The second kappa shape index (κ2) is 9.29. The molecule has 0 aliphatic heterocycles. The lowest BCUT2D eigenvalue weighted by molar-refractivity contribution is -0.117. The molecule has 0 atom stereocenters. The fourth-order valence-corrected chi connectivity index (χ4v) is 3.30. The summed E-state index contributed by atoms with van der Waals surface area (Å²) in [7, 11) is 3.46. The van der Waals surface area contributed by atoms with Gasteiger partial charge in [0.1, 0.15) is 11.6 Å². The van der Waals surface area contributed by atoms with E-state index in [0.29, 0.717) is 12.2 Å². The van der Waals surface area contributed by atoms with Gasteiger partial charge in [0.05, 0.1) is 19.3 Å². The van der Waals surface area contributed by atoms with E-state index >= 15 is 0 Å². The summed E-state index contributed by atoms with van der Waals surface area (Å²) in [6.45, 7) is 0.701. The number of aromatic nitrogens is 1. The molecule has 0 radical (unpaired) electrons. The van der Waals surface area contributed by atoms with Crippen molar-refractivity contribution in [3.05, 3.63) is 65.4 Å². The quantitative estimate of drug-likeness (QED) is 0.596. The molecule has 3 rings (SSSR count). The molecular formula is C20H21FN4O2S. The van der Waals surface area contributed by atoms with Crippen LogP contribution in [-0.2, 0) is 11.3 Å². The van der Waals surface area contributed by atoms with Crippen LogP contribution in [0, 0.1) is 5.82 Å². The van der Waals surface area contributed by atoms with Crippen molar-refractivity contribution in [2.24, 2.45) is 0 Å². The minimum absolute atomic E-state index is 0.176. The number of ether oxygens (including phenoxy) is 1. The third-order valence-electron chi connectivity index (χ3n) is 3.85. The van der Waals surface area contributed by atoms with E-state index in [0.717, 1.165) is 22.3 Å². The molecule has 146 valence electrons. The number of halogens is 1. The first kappa shape index (κ1) is 19.8. The molecule has 0 fully saturated rings. The summed E-state index contributed by atoms with van der Waals surface area (Å²) in [6.07, 6.45) is 0. The van der Waals surface area contributed by atoms with Crippen molar-refractivity contribution in [1.82, 2.24) is 9.88 Å². The third kappa shape index (κ3) is 5.77. The van der Waals surface area contributed by atoms with Crippen LogP contribution in [0.2, 0.25) is 0 Å². The number of benzene rings is 2. The van der Waals surface area contributed by atoms with Crippen LogP contribution in [0.1, 0.15) is 5.69 Å². The number of hydrogen-bond acceptors (Lipinski definition) is 6. The van der Waals surface area contributed by atoms with E-state index in [9.17, 15) is 9.18 Å². The number of thiazole rings is 1. The number of amides is 1. The van der Waals surface area contributed by atoms with Gasteiger partial charge in [0.15, 0.2) is 5.13 Å². The van der Waals surface area contributed by atoms with Crippen LogP contribution in [0.3, 0.4) is 0 Å². The van der Waals surface area contributed by atoms with Crippen LogP contribution < -0.4 is 15.4 Å². The van der Waals surface area contributed by atoms with Gasteiger partial charge in [0, 0.05) is 23.3 Å². The Balaban J connectivity index is 1.50. The lowest BCUT2D eigenvalue weighted by atomic mass is 10.3. The van der Waals surface area contributed by atoms with E-state index in [1.54, 1.807) is 19.2 Å². The van der Waals surface area contributed by atoms with Gasteiger partial charge in [0.2, 0.25) is 5.91 Å². The highest BCUT2D eigenvalue weighted by molar-refractivity contribution is 7.13. The minimum atomic E-state index is -0.384. The van der Waals surface area contributed by atoms with E-state index in [2.05, 4.69) is 15.6 Å². The number of carbonyl (C=O) groups is 1. The summed E-state index contributed by atoms with van der Waals surface area (Å²) in [4.78, 5) is 18.5. The summed E-state index contributed by atoms with van der Waals surface area (Å²) in [5.74, 6) is 0.203. The van der Waals surface area contributed by atoms with Crippen LogP contribution in [0.15, 0.2) is 53.9 Å². The lowest BCUT2D eigenvalue weighted by Crippen LogP contribution is -2.29. The number of rotatable bonds is 8. The molecule has 0 saturated heterocycles. The summed E-state index contributed by atoms with van der Waals surface area (Å²) in [5.41, 5.74) is 2.23. The normalized spacial score (nSPS) is 10.7. The Kier molecular flexibility index (Phi) is 6.57. The Morgan fingerprint density at radius 1 is 1.21 bits per heavy atom. The Labute approximate surface area is 167 Å². The molecule has 0 spiro atoms. The van der Waals surface area contributed by atoms with Gasteiger partial charge in [-0.3, -0.25) is 9.69 Å². The van der Waals surface area contributed by atoms with Crippen molar-refractivity contribution in [1.29, 1.82) is 0 Å². The number of hydrogen-bond donors (Lipinski definition) is 2. The number of nitrogens with zero attached hydrogens (tertiary/aromatic N) is 2. The van der Waals surface area contributed by atoms with Gasteiger partial charge in [-0.05, 0) is 49.5 Å². The summed E-state index contributed by atoms with van der Waals surface area (Å²) in [6, 6.07) is 13.4. The minimum Gasteiger partial charge on any atom is -0.497 e. The molecule has 6 nitrogen and oxygen atoms in total. The molecule has 0 unspecified atom stereocenters. The SMILES string of the molecule is COc1ccc(Nc2nc(CN(C)CC(=O)Nc3cccc(F)c3)cs2)cc1. The largest absolute Gasteiger partial charge is 0.497 e. The van der Waals surface area contributed by atoms with Gasteiger partial charge in [-0.25, -0.2) is 9.37 Å². The molecule has 3 aromatic rings. The molecule has 2 N–H and O–H groups in total. The van der Waals surface area contributed by atoms with E-state index in [1.165, 1.54) is 23.5 Å². The Morgan fingerprint density at radius 2 is 2.00 bits per heavy atom. The van der Waals surface area contributed by atoms with E-state index in [1.807, 2.05) is 41.6 Å². The maximum absolute atomic E-state index is 13.2. The molecule has 28 heavy (non-hydrogen) atoms. The fraction of sp³-hybridized carbons (Fsp3) is 0.200. The molecule has 0 saturated carbocycles. The van der Waals surface area contributed by atoms with Crippen molar-refractivity contribution in [3.63, 3.8) is 0 Å².